The lowest BCUT2D eigenvalue weighted by atomic mass is 9.87. The van der Waals surface area contributed by atoms with E-state index < -0.39 is 36.2 Å². The number of fused-ring (bicyclic) bond motifs is 1. The number of carbonyl (C=O) groups is 2. The standard InChI is InChI=1S/C30H29F4N5O3/c1-2-23(19-8-10-21(31)11-9-19)27(37-29(41)42-17-18-6-4-3-5-7-18)24-16-39-26(35-24)13-12-22(38-39)14-20-15-25(30(32,33)34)36-28(20)40/h3-13,16,20,23,25,27H,2,14-15,17H2,1H3,(H,36,40)(H,37,41)/t20-,23-,25-,27-/m0/s1. The SMILES string of the molecule is CC[C@@H](c1ccc(F)cc1)[C@H](NC(=O)OCc1ccccc1)c1cn2nc(C[C@H]3C[C@@H](C(F)(F)F)NC3=O)ccc2n1. The molecule has 1 saturated heterocycles. The van der Waals surface area contributed by atoms with Gasteiger partial charge < -0.3 is 15.4 Å². The molecule has 2 aromatic heterocycles. The van der Waals surface area contributed by atoms with Crippen molar-refractivity contribution >= 4 is 17.6 Å². The molecule has 220 valence electrons. The molecule has 2 aromatic carbocycles. The number of hydrogen-bond acceptors (Lipinski definition) is 5. The van der Waals surface area contributed by atoms with Crippen LogP contribution in [0.25, 0.3) is 5.65 Å². The third-order valence-electron chi connectivity index (χ3n) is 7.40. The summed E-state index contributed by atoms with van der Waals surface area (Å²) in [5.41, 5.74) is 2.92. The molecule has 0 unspecified atom stereocenters. The maximum Gasteiger partial charge on any atom is 0.408 e. The van der Waals surface area contributed by atoms with Crippen molar-refractivity contribution in [2.45, 2.75) is 57.0 Å². The molecular weight excluding hydrogens is 554 g/mol. The number of aromatic nitrogens is 3. The lowest BCUT2D eigenvalue weighted by Crippen LogP contribution is -2.38. The fraction of sp³-hybridized carbons (Fsp3) is 0.333. The smallest absolute Gasteiger partial charge is 0.408 e. The number of halogens is 4. The number of alkyl carbamates (subject to hydrolysis) is 1. The summed E-state index contributed by atoms with van der Waals surface area (Å²) < 4.78 is 59.9. The zero-order valence-electron chi connectivity index (χ0n) is 22.6. The Morgan fingerprint density at radius 2 is 1.86 bits per heavy atom. The van der Waals surface area contributed by atoms with Crippen molar-refractivity contribution < 1.29 is 31.9 Å². The lowest BCUT2D eigenvalue weighted by molar-refractivity contribution is -0.154. The number of amides is 2. The van der Waals surface area contributed by atoms with Crippen molar-refractivity contribution in [1.82, 2.24) is 25.2 Å². The second-order valence-corrected chi connectivity index (χ2v) is 10.3. The fourth-order valence-electron chi connectivity index (χ4n) is 5.23. The van der Waals surface area contributed by atoms with Crippen LogP contribution in [-0.2, 0) is 22.6 Å². The quantitative estimate of drug-likeness (QED) is 0.249. The molecule has 8 nitrogen and oxygen atoms in total. The number of imidazole rings is 1. The van der Waals surface area contributed by atoms with Gasteiger partial charge in [-0.1, -0.05) is 49.4 Å². The van der Waals surface area contributed by atoms with E-state index in [1.165, 1.54) is 16.6 Å². The average molecular weight is 584 g/mol. The van der Waals surface area contributed by atoms with Crippen molar-refractivity contribution in [3.63, 3.8) is 0 Å². The minimum Gasteiger partial charge on any atom is -0.445 e. The summed E-state index contributed by atoms with van der Waals surface area (Å²) in [7, 11) is 0. The number of alkyl halides is 3. The Hall–Kier alpha value is -4.48. The number of carbonyl (C=O) groups excluding carboxylic acids is 2. The summed E-state index contributed by atoms with van der Waals surface area (Å²) >= 11 is 0. The number of nitrogens with one attached hydrogen (secondary N) is 2. The number of benzene rings is 2. The third-order valence-corrected chi connectivity index (χ3v) is 7.40. The molecule has 0 radical (unpaired) electrons. The monoisotopic (exact) mass is 583 g/mol. The molecule has 3 heterocycles. The Bertz CT molecular complexity index is 1540. The van der Waals surface area contributed by atoms with E-state index >= 15 is 0 Å². The number of hydrogen-bond donors (Lipinski definition) is 2. The van der Waals surface area contributed by atoms with Crippen LogP contribution in [0.2, 0.25) is 0 Å². The molecular formula is C30H29F4N5O3. The largest absolute Gasteiger partial charge is 0.445 e. The zero-order valence-corrected chi connectivity index (χ0v) is 22.6. The fourth-order valence-corrected chi connectivity index (χ4v) is 5.23. The van der Waals surface area contributed by atoms with E-state index in [2.05, 4.69) is 15.4 Å². The first-order chi connectivity index (χ1) is 20.1. The molecule has 1 aliphatic heterocycles. The maximum absolute atomic E-state index is 13.7. The molecule has 0 bridgehead atoms. The number of ether oxygens (including phenoxy) is 1. The molecule has 0 spiro atoms. The average Bonchev–Trinajstić information content (AvgIpc) is 3.56. The summed E-state index contributed by atoms with van der Waals surface area (Å²) in [6, 6.07) is 15.9. The van der Waals surface area contributed by atoms with Crippen LogP contribution in [0.1, 0.15) is 54.2 Å². The van der Waals surface area contributed by atoms with Gasteiger partial charge in [-0.2, -0.15) is 18.3 Å². The van der Waals surface area contributed by atoms with Crippen LogP contribution in [0.4, 0.5) is 22.4 Å². The maximum atomic E-state index is 13.7. The van der Waals surface area contributed by atoms with Gasteiger partial charge in [0.25, 0.3) is 0 Å². The van der Waals surface area contributed by atoms with Crippen molar-refractivity contribution in [2.75, 3.05) is 0 Å². The van der Waals surface area contributed by atoms with Crippen LogP contribution < -0.4 is 10.6 Å². The van der Waals surface area contributed by atoms with E-state index in [1.54, 1.807) is 30.5 Å². The first kappa shape index (κ1) is 29.0. The van der Waals surface area contributed by atoms with Gasteiger partial charge in [0, 0.05) is 18.3 Å². The molecule has 42 heavy (non-hydrogen) atoms. The van der Waals surface area contributed by atoms with E-state index in [9.17, 15) is 27.2 Å². The predicted molar refractivity (Wildman–Crippen MR) is 145 cm³/mol. The van der Waals surface area contributed by atoms with Gasteiger partial charge in [0.2, 0.25) is 5.91 Å². The Labute approximate surface area is 239 Å². The minimum atomic E-state index is -4.51. The molecule has 1 aliphatic rings. The van der Waals surface area contributed by atoms with Crippen molar-refractivity contribution in [3.8, 4) is 0 Å². The Morgan fingerprint density at radius 3 is 2.52 bits per heavy atom. The molecule has 2 N–H and O–H groups in total. The topological polar surface area (TPSA) is 97.6 Å². The van der Waals surface area contributed by atoms with Gasteiger partial charge in [-0.3, -0.25) is 4.79 Å². The Balaban J connectivity index is 1.39. The summed E-state index contributed by atoms with van der Waals surface area (Å²) in [6.45, 7) is 2.00. The molecule has 2 amide bonds. The van der Waals surface area contributed by atoms with Crippen molar-refractivity contribution in [2.24, 2.45) is 5.92 Å². The molecule has 5 rings (SSSR count). The van der Waals surface area contributed by atoms with E-state index in [-0.39, 0.29) is 31.2 Å². The van der Waals surface area contributed by atoms with Crippen LogP contribution in [0.5, 0.6) is 0 Å². The summed E-state index contributed by atoms with van der Waals surface area (Å²) in [6.07, 6.45) is -3.31. The summed E-state index contributed by atoms with van der Waals surface area (Å²) in [5.74, 6) is -2.21. The van der Waals surface area contributed by atoms with Crippen molar-refractivity contribution in [3.05, 3.63) is 101 Å². The van der Waals surface area contributed by atoms with E-state index in [0.29, 0.717) is 23.5 Å². The minimum absolute atomic E-state index is 0.0303. The lowest BCUT2D eigenvalue weighted by Gasteiger charge is -2.26. The Kier molecular flexibility index (Phi) is 8.41. The molecule has 12 heteroatoms. The van der Waals surface area contributed by atoms with Gasteiger partial charge in [-0.25, -0.2) is 18.7 Å². The highest BCUT2D eigenvalue weighted by Crippen LogP contribution is 2.34. The summed E-state index contributed by atoms with van der Waals surface area (Å²) in [4.78, 5) is 29.8. The highest BCUT2D eigenvalue weighted by atomic mass is 19.4. The first-order valence-corrected chi connectivity index (χ1v) is 13.6. The zero-order chi connectivity index (χ0) is 29.9. The predicted octanol–water partition coefficient (Wildman–Crippen LogP) is 5.64. The number of nitrogens with zero attached hydrogens (tertiary/aromatic N) is 3. The van der Waals surface area contributed by atoms with E-state index in [1.807, 2.05) is 42.6 Å². The van der Waals surface area contributed by atoms with Crippen LogP contribution in [0.15, 0.2) is 72.9 Å². The van der Waals surface area contributed by atoms with Gasteiger partial charge in [0.1, 0.15) is 18.5 Å². The van der Waals surface area contributed by atoms with Crippen LogP contribution >= 0.6 is 0 Å². The van der Waals surface area contributed by atoms with Crippen LogP contribution in [0.3, 0.4) is 0 Å². The molecule has 4 aromatic rings. The second kappa shape index (κ2) is 12.2. The van der Waals surface area contributed by atoms with Gasteiger partial charge in [0.15, 0.2) is 5.65 Å². The molecule has 4 atom stereocenters. The Morgan fingerprint density at radius 1 is 1.12 bits per heavy atom. The normalized spacial score (nSPS) is 18.5. The highest BCUT2D eigenvalue weighted by Gasteiger charge is 2.47. The number of rotatable bonds is 9. The molecule has 0 saturated carbocycles. The van der Waals surface area contributed by atoms with Gasteiger partial charge >= 0.3 is 12.3 Å². The molecule has 1 fully saturated rings. The van der Waals surface area contributed by atoms with Gasteiger partial charge in [-0.15, -0.1) is 0 Å². The summed E-state index contributed by atoms with van der Waals surface area (Å²) in [5, 5.41) is 9.41. The highest BCUT2D eigenvalue weighted by molar-refractivity contribution is 5.81. The van der Waals surface area contributed by atoms with Crippen LogP contribution in [-0.4, -0.2) is 38.8 Å². The van der Waals surface area contributed by atoms with E-state index in [0.717, 1.165) is 11.1 Å². The van der Waals surface area contributed by atoms with E-state index in [4.69, 9.17) is 4.74 Å². The third kappa shape index (κ3) is 6.69. The first-order valence-electron chi connectivity index (χ1n) is 13.6. The molecule has 0 aliphatic carbocycles. The van der Waals surface area contributed by atoms with Crippen LogP contribution in [0, 0.1) is 11.7 Å². The second-order valence-electron chi connectivity index (χ2n) is 10.3. The van der Waals surface area contributed by atoms with Crippen molar-refractivity contribution in [1.29, 1.82) is 0 Å². The van der Waals surface area contributed by atoms with Gasteiger partial charge in [-0.05, 0) is 48.2 Å². The van der Waals surface area contributed by atoms with Gasteiger partial charge in [0.05, 0.1) is 23.6 Å².